The fourth-order valence-corrected chi connectivity index (χ4v) is 2.32. The fraction of sp³-hybridized carbons (Fsp3) is 0.700. The van der Waals surface area contributed by atoms with Crippen molar-refractivity contribution < 1.29 is 0 Å². The zero-order valence-electron chi connectivity index (χ0n) is 8.12. The van der Waals surface area contributed by atoms with Crippen LogP contribution in [0.25, 0.3) is 0 Å². The second-order valence-corrected chi connectivity index (χ2v) is 4.59. The van der Waals surface area contributed by atoms with Gasteiger partial charge >= 0.3 is 0 Å². The van der Waals surface area contributed by atoms with E-state index in [1.165, 1.54) is 0 Å². The molecule has 0 aliphatic carbocycles. The Labute approximate surface area is 84.6 Å². The van der Waals surface area contributed by atoms with E-state index in [2.05, 4.69) is 17.5 Å². The van der Waals surface area contributed by atoms with Crippen LogP contribution in [0.2, 0.25) is 0 Å². The number of hydrogen-bond donors (Lipinski definition) is 0. The Bertz CT molecular complexity index is 211. The van der Waals surface area contributed by atoms with Crippen LogP contribution >= 0.6 is 11.8 Å². The maximum Gasteiger partial charge on any atom is 0.104 e. The Morgan fingerprint density at radius 2 is 2.23 bits per heavy atom. The van der Waals surface area contributed by atoms with Crippen molar-refractivity contribution in [3.8, 4) is 6.07 Å². The van der Waals surface area contributed by atoms with Gasteiger partial charge in [-0.3, -0.25) is 4.90 Å². The molecule has 1 aliphatic heterocycles. The van der Waals surface area contributed by atoms with Gasteiger partial charge < -0.3 is 0 Å². The molecule has 0 N–H and O–H groups in total. The minimum Gasteiger partial charge on any atom is -0.300 e. The van der Waals surface area contributed by atoms with Gasteiger partial charge in [0.1, 0.15) is 4.75 Å². The van der Waals surface area contributed by atoms with E-state index >= 15 is 0 Å². The van der Waals surface area contributed by atoms with Gasteiger partial charge in [0, 0.05) is 19.6 Å². The summed E-state index contributed by atoms with van der Waals surface area (Å²) < 4.78 is -0.113. The smallest absolute Gasteiger partial charge is 0.104 e. The quantitative estimate of drug-likeness (QED) is 0.645. The van der Waals surface area contributed by atoms with Crippen molar-refractivity contribution in [2.45, 2.75) is 17.6 Å². The molecule has 2 nitrogen and oxygen atoms in total. The van der Waals surface area contributed by atoms with Gasteiger partial charge in [0.15, 0.2) is 0 Å². The maximum atomic E-state index is 9.05. The molecule has 0 unspecified atom stereocenters. The molecule has 0 aromatic carbocycles. The summed E-state index contributed by atoms with van der Waals surface area (Å²) in [5.41, 5.74) is 0. The lowest BCUT2D eigenvalue weighted by molar-refractivity contribution is 0.238. The minimum absolute atomic E-state index is 0.113. The first-order valence-electron chi connectivity index (χ1n) is 4.56. The second-order valence-electron chi connectivity index (χ2n) is 3.40. The fourth-order valence-electron chi connectivity index (χ4n) is 1.64. The summed E-state index contributed by atoms with van der Waals surface area (Å²) in [6, 6.07) is 2.44. The molecule has 3 heteroatoms. The number of piperidine rings is 1. The predicted octanol–water partition coefficient (Wildman–Crippen LogP) is 1.89. The van der Waals surface area contributed by atoms with E-state index in [0.717, 1.165) is 32.5 Å². The van der Waals surface area contributed by atoms with E-state index in [1.807, 2.05) is 12.3 Å². The molecule has 1 fully saturated rings. The number of likely N-dealkylation sites (tertiary alicyclic amines) is 1. The van der Waals surface area contributed by atoms with E-state index < -0.39 is 0 Å². The highest BCUT2D eigenvalue weighted by Gasteiger charge is 2.33. The summed E-state index contributed by atoms with van der Waals surface area (Å²) in [7, 11) is 0. The van der Waals surface area contributed by atoms with Gasteiger partial charge in [-0.15, -0.1) is 18.3 Å². The number of hydrogen-bond acceptors (Lipinski definition) is 3. The van der Waals surface area contributed by atoms with Crippen LogP contribution in [0.4, 0.5) is 0 Å². The summed E-state index contributed by atoms with van der Waals surface area (Å²) >= 11 is 1.70. The molecular weight excluding hydrogens is 180 g/mol. The highest BCUT2D eigenvalue weighted by atomic mass is 32.2. The van der Waals surface area contributed by atoms with Crippen LogP contribution in [0.1, 0.15) is 12.8 Å². The van der Waals surface area contributed by atoms with Gasteiger partial charge in [-0.25, -0.2) is 0 Å². The molecule has 0 atom stereocenters. The predicted molar refractivity (Wildman–Crippen MR) is 57.7 cm³/mol. The van der Waals surface area contributed by atoms with Gasteiger partial charge in [0.2, 0.25) is 0 Å². The van der Waals surface area contributed by atoms with E-state index in [0.29, 0.717) is 0 Å². The number of thioether (sulfide) groups is 1. The first-order chi connectivity index (χ1) is 6.26. The Morgan fingerprint density at radius 1 is 1.62 bits per heavy atom. The summed E-state index contributed by atoms with van der Waals surface area (Å²) in [5.74, 6) is 0. The molecule has 72 valence electrons. The van der Waals surface area contributed by atoms with Crippen molar-refractivity contribution in [2.24, 2.45) is 0 Å². The zero-order valence-corrected chi connectivity index (χ0v) is 8.94. The lowest BCUT2D eigenvalue weighted by Gasteiger charge is -2.35. The third-order valence-electron chi connectivity index (χ3n) is 2.65. The summed E-state index contributed by atoms with van der Waals surface area (Å²) in [6.07, 6.45) is 5.93. The van der Waals surface area contributed by atoms with Gasteiger partial charge in [0.05, 0.1) is 6.07 Å². The lowest BCUT2D eigenvalue weighted by Crippen LogP contribution is -2.41. The number of rotatable bonds is 3. The average Bonchev–Trinajstić information content (AvgIpc) is 2.20. The molecule has 13 heavy (non-hydrogen) atoms. The molecule has 1 rings (SSSR count). The summed E-state index contributed by atoms with van der Waals surface area (Å²) in [4.78, 5) is 2.35. The molecule has 1 saturated heterocycles. The Hall–Kier alpha value is -0.460. The molecule has 0 radical (unpaired) electrons. The minimum atomic E-state index is -0.113. The van der Waals surface area contributed by atoms with E-state index in [-0.39, 0.29) is 4.75 Å². The molecule has 0 saturated carbocycles. The van der Waals surface area contributed by atoms with Crippen LogP contribution in [-0.2, 0) is 0 Å². The van der Waals surface area contributed by atoms with Gasteiger partial charge in [-0.2, -0.15) is 5.26 Å². The van der Waals surface area contributed by atoms with Crippen LogP contribution in [0.15, 0.2) is 12.7 Å². The van der Waals surface area contributed by atoms with Crippen LogP contribution < -0.4 is 0 Å². The molecule has 0 amide bonds. The Kier molecular flexibility index (Phi) is 3.83. The zero-order chi connectivity index (χ0) is 9.73. The van der Waals surface area contributed by atoms with Crippen LogP contribution in [0.5, 0.6) is 0 Å². The van der Waals surface area contributed by atoms with Crippen LogP contribution in [-0.4, -0.2) is 35.5 Å². The van der Waals surface area contributed by atoms with Crippen LogP contribution in [0.3, 0.4) is 0 Å². The first kappa shape index (κ1) is 10.6. The summed E-state index contributed by atoms with van der Waals surface area (Å²) in [5, 5.41) is 9.05. The number of nitriles is 1. The Morgan fingerprint density at radius 3 is 2.62 bits per heavy atom. The largest absolute Gasteiger partial charge is 0.300 e. The number of nitrogens with zero attached hydrogens (tertiary/aromatic N) is 2. The third-order valence-corrected chi connectivity index (χ3v) is 3.93. The lowest BCUT2D eigenvalue weighted by atomic mass is 9.97. The van der Waals surface area contributed by atoms with E-state index in [9.17, 15) is 0 Å². The van der Waals surface area contributed by atoms with Crippen LogP contribution in [0, 0.1) is 11.3 Å². The highest BCUT2D eigenvalue weighted by molar-refractivity contribution is 8.00. The van der Waals surface area contributed by atoms with Crippen molar-refractivity contribution in [2.75, 3.05) is 25.9 Å². The van der Waals surface area contributed by atoms with Gasteiger partial charge in [0.25, 0.3) is 0 Å². The normalized spacial score (nSPS) is 22.2. The second kappa shape index (κ2) is 4.69. The molecule has 0 aromatic rings. The molecule has 0 spiro atoms. The maximum absolute atomic E-state index is 9.05. The average molecular weight is 196 g/mol. The van der Waals surface area contributed by atoms with Crippen molar-refractivity contribution in [1.29, 1.82) is 5.26 Å². The SMILES string of the molecule is C=CCN1CCC(C#N)(SC)CC1. The topological polar surface area (TPSA) is 27.0 Å². The Balaban J connectivity index is 2.46. The highest BCUT2D eigenvalue weighted by Crippen LogP contribution is 2.33. The molecule has 0 bridgehead atoms. The molecular formula is C10H16N2S. The molecule has 0 aromatic heterocycles. The van der Waals surface area contributed by atoms with E-state index in [1.54, 1.807) is 11.8 Å². The molecule has 1 heterocycles. The van der Waals surface area contributed by atoms with Crippen molar-refractivity contribution >= 4 is 11.8 Å². The monoisotopic (exact) mass is 196 g/mol. The third kappa shape index (κ3) is 2.49. The molecule has 1 aliphatic rings. The first-order valence-corrected chi connectivity index (χ1v) is 5.78. The van der Waals surface area contributed by atoms with Crippen molar-refractivity contribution in [3.63, 3.8) is 0 Å². The standard InChI is InChI=1S/C10H16N2S/c1-3-6-12-7-4-10(9-11,13-2)5-8-12/h3H,1,4-8H2,2H3. The van der Waals surface area contributed by atoms with Gasteiger partial charge in [-0.05, 0) is 19.1 Å². The van der Waals surface area contributed by atoms with Crippen molar-refractivity contribution in [3.05, 3.63) is 12.7 Å². The van der Waals surface area contributed by atoms with Gasteiger partial charge in [-0.1, -0.05) is 6.08 Å². The van der Waals surface area contributed by atoms with Crippen molar-refractivity contribution in [1.82, 2.24) is 4.90 Å². The summed E-state index contributed by atoms with van der Waals surface area (Å²) in [6.45, 7) is 6.73. The van der Waals surface area contributed by atoms with E-state index in [4.69, 9.17) is 5.26 Å².